The fourth-order valence-electron chi connectivity index (χ4n) is 2.95. The summed E-state index contributed by atoms with van der Waals surface area (Å²) in [5.74, 6) is 2.33. The van der Waals surface area contributed by atoms with E-state index in [1.165, 1.54) is 32.1 Å². The third kappa shape index (κ3) is 4.39. The number of nitrogens with two attached hydrogens (primary N) is 1. The minimum atomic E-state index is 0.144. The molecule has 0 heterocycles. The van der Waals surface area contributed by atoms with Crippen molar-refractivity contribution in [1.29, 1.82) is 0 Å². The molecule has 19 heavy (non-hydrogen) atoms. The van der Waals surface area contributed by atoms with E-state index in [9.17, 15) is 0 Å². The van der Waals surface area contributed by atoms with E-state index in [1.807, 2.05) is 24.3 Å². The lowest BCUT2D eigenvalue weighted by Crippen LogP contribution is -2.38. The van der Waals surface area contributed by atoms with Gasteiger partial charge >= 0.3 is 0 Å². The summed E-state index contributed by atoms with van der Waals surface area (Å²) in [4.78, 5) is 0. The Labute approximate surface area is 121 Å². The topological polar surface area (TPSA) is 35.2 Å². The first-order chi connectivity index (χ1) is 9.19. The van der Waals surface area contributed by atoms with Crippen molar-refractivity contribution in [2.45, 2.75) is 45.1 Å². The van der Waals surface area contributed by atoms with Crippen molar-refractivity contribution in [3.63, 3.8) is 0 Å². The maximum absolute atomic E-state index is 6.29. The van der Waals surface area contributed by atoms with Crippen LogP contribution in [0.3, 0.4) is 0 Å². The summed E-state index contributed by atoms with van der Waals surface area (Å²) < 4.78 is 5.76. The lowest BCUT2D eigenvalue weighted by atomic mass is 9.77. The molecule has 1 saturated carbocycles. The van der Waals surface area contributed by atoms with Crippen molar-refractivity contribution in [3.05, 3.63) is 29.3 Å². The van der Waals surface area contributed by atoms with Crippen LogP contribution in [0.15, 0.2) is 24.3 Å². The standard InChI is InChI=1S/C16H24ClNO/c1-2-12-4-3-5-13(10-12)16(18)11-19-15-8-6-14(17)7-9-15/h6-9,12-13,16H,2-5,10-11,18H2,1H3. The van der Waals surface area contributed by atoms with Gasteiger partial charge in [-0.25, -0.2) is 0 Å². The Kier molecular flexibility index (Phi) is 5.53. The molecule has 1 aliphatic carbocycles. The van der Waals surface area contributed by atoms with Gasteiger partial charge in [0, 0.05) is 11.1 Å². The van der Waals surface area contributed by atoms with Crippen LogP contribution in [0.4, 0.5) is 0 Å². The molecule has 0 aliphatic heterocycles. The molecule has 1 fully saturated rings. The van der Waals surface area contributed by atoms with Crippen molar-refractivity contribution in [2.75, 3.05) is 6.61 Å². The highest BCUT2D eigenvalue weighted by Gasteiger charge is 2.25. The summed E-state index contributed by atoms with van der Waals surface area (Å²) in [5.41, 5.74) is 6.29. The second-order valence-corrected chi connectivity index (χ2v) is 6.07. The van der Waals surface area contributed by atoms with Gasteiger partial charge in [0.15, 0.2) is 0 Å². The lowest BCUT2D eigenvalue weighted by Gasteiger charge is -2.32. The van der Waals surface area contributed by atoms with Gasteiger partial charge in [0.1, 0.15) is 12.4 Å². The van der Waals surface area contributed by atoms with Crippen LogP contribution in [0.2, 0.25) is 5.02 Å². The Hall–Kier alpha value is -0.730. The summed E-state index contributed by atoms with van der Waals surface area (Å²) in [6.07, 6.45) is 6.49. The molecule has 1 aliphatic rings. The zero-order valence-electron chi connectivity index (χ0n) is 11.6. The molecule has 0 amide bonds. The second kappa shape index (κ2) is 7.16. The van der Waals surface area contributed by atoms with E-state index in [0.29, 0.717) is 12.5 Å². The first-order valence-corrected chi connectivity index (χ1v) is 7.70. The highest BCUT2D eigenvalue weighted by atomic mass is 35.5. The third-order valence-corrected chi connectivity index (χ3v) is 4.51. The first-order valence-electron chi connectivity index (χ1n) is 7.33. The summed E-state index contributed by atoms with van der Waals surface area (Å²) in [6, 6.07) is 7.62. The molecule has 3 unspecified atom stereocenters. The van der Waals surface area contributed by atoms with Crippen LogP contribution >= 0.6 is 11.6 Å². The average Bonchev–Trinajstić information content (AvgIpc) is 2.46. The fourth-order valence-corrected chi connectivity index (χ4v) is 3.08. The molecule has 106 valence electrons. The molecule has 2 N–H and O–H groups in total. The molecular weight excluding hydrogens is 258 g/mol. The van der Waals surface area contributed by atoms with E-state index in [1.54, 1.807) is 0 Å². The Morgan fingerprint density at radius 2 is 2.05 bits per heavy atom. The monoisotopic (exact) mass is 281 g/mol. The highest BCUT2D eigenvalue weighted by molar-refractivity contribution is 6.30. The molecule has 3 atom stereocenters. The predicted molar refractivity (Wildman–Crippen MR) is 80.7 cm³/mol. The SMILES string of the molecule is CCC1CCCC(C(N)COc2ccc(Cl)cc2)C1. The van der Waals surface area contributed by atoms with Crippen LogP contribution in [-0.4, -0.2) is 12.6 Å². The van der Waals surface area contributed by atoms with Crippen molar-refractivity contribution in [1.82, 2.24) is 0 Å². The van der Waals surface area contributed by atoms with Crippen LogP contribution in [0.5, 0.6) is 5.75 Å². The second-order valence-electron chi connectivity index (χ2n) is 5.63. The van der Waals surface area contributed by atoms with Crippen LogP contribution in [0.25, 0.3) is 0 Å². The van der Waals surface area contributed by atoms with Gasteiger partial charge < -0.3 is 10.5 Å². The van der Waals surface area contributed by atoms with Gasteiger partial charge in [0.25, 0.3) is 0 Å². The Balaban J connectivity index is 1.80. The van der Waals surface area contributed by atoms with Crippen LogP contribution in [0.1, 0.15) is 39.0 Å². The van der Waals surface area contributed by atoms with Gasteiger partial charge in [-0.3, -0.25) is 0 Å². The molecule has 2 rings (SSSR count). The summed E-state index contributed by atoms with van der Waals surface area (Å²) in [6.45, 7) is 2.88. The molecule has 0 bridgehead atoms. The molecule has 3 heteroatoms. The van der Waals surface area contributed by atoms with Gasteiger partial charge in [-0.05, 0) is 48.9 Å². The number of halogens is 1. The Morgan fingerprint density at radius 3 is 2.74 bits per heavy atom. The molecule has 2 nitrogen and oxygen atoms in total. The summed E-state index contributed by atoms with van der Waals surface area (Å²) >= 11 is 5.85. The van der Waals surface area contributed by atoms with Gasteiger partial charge in [-0.15, -0.1) is 0 Å². The van der Waals surface area contributed by atoms with Crippen molar-refractivity contribution < 1.29 is 4.74 Å². The molecule has 1 aromatic carbocycles. The van der Waals surface area contributed by atoms with E-state index in [-0.39, 0.29) is 6.04 Å². The number of rotatable bonds is 5. The van der Waals surface area contributed by atoms with Crippen molar-refractivity contribution in [3.8, 4) is 5.75 Å². The average molecular weight is 282 g/mol. The summed E-state index contributed by atoms with van der Waals surface area (Å²) in [5, 5.41) is 0.731. The number of hydrogen-bond donors (Lipinski definition) is 1. The largest absolute Gasteiger partial charge is 0.492 e. The quantitative estimate of drug-likeness (QED) is 0.875. The lowest BCUT2D eigenvalue weighted by molar-refractivity contribution is 0.181. The van der Waals surface area contributed by atoms with Crippen molar-refractivity contribution in [2.24, 2.45) is 17.6 Å². The zero-order chi connectivity index (χ0) is 13.7. The highest BCUT2D eigenvalue weighted by Crippen LogP contribution is 2.32. The number of benzene rings is 1. The molecule has 0 spiro atoms. The maximum Gasteiger partial charge on any atom is 0.119 e. The Bertz CT molecular complexity index is 379. The van der Waals surface area contributed by atoms with E-state index in [4.69, 9.17) is 22.1 Å². The van der Waals surface area contributed by atoms with Crippen LogP contribution < -0.4 is 10.5 Å². The van der Waals surface area contributed by atoms with E-state index in [2.05, 4.69) is 6.92 Å². The third-order valence-electron chi connectivity index (χ3n) is 4.26. The summed E-state index contributed by atoms with van der Waals surface area (Å²) in [7, 11) is 0. The Morgan fingerprint density at radius 1 is 1.32 bits per heavy atom. The normalized spacial score (nSPS) is 25.0. The van der Waals surface area contributed by atoms with Gasteiger partial charge in [-0.2, -0.15) is 0 Å². The smallest absolute Gasteiger partial charge is 0.119 e. The van der Waals surface area contributed by atoms with E-state index < -0.39 is 0 Å². The number of hydrogen-bond acceptors (Lipinski definition) is 2. The van der Waals surface area contributed by atoms with Crippen LogP contribution in [-0.2, 0) is 0 Å². The minimum absolute atomic E-state index is 0.144. The van der Waals surface area contributed by atoms with E-state index in [0.717, 1.165) is 16.7 Å². The van der Waals surface area contributed by atoms with Crippen molar-refractivity contribution >= 4 is 11.6 Å². The fraction of sp³-hybridized carbons (Fsp3) is 0.625. The zero-order valence-corrected chi connectivity index (χ0v) is 12.4. The molecule has 1 aromatic rings. The minimum Gasteiger partial charge on any atom is -0.492 e. The maximum atomic E-state index is 6.29. The van der Waals surface area contributed by atoms with Gasteiger partial charge in [0.2, 0.25) is 0 Å². The molecule has 0 aromatic heterocycles. The predicted octanol–water partition coefficient (Wildman–Crippen LogP) is 4.26. The molecule has 0 radical (unpaired) electrons. The van der Waals surface area contributed by atoms with Gasteiger partial charge in [0.05, 0.1) is 0 Å². The van der Waals surface area contributed by atoms with E-state index >= 15 is 0 Å². The molecular formula is C16H24ClNO. The first kappa shape index (κ1) is 14.7. The number of ether oxygens (including phenoxy) is 1. The van der Waals surface area contributed by atoms with Gasteiger partial charge in [-0.1, -0.05) is 37.8 Å². The van der Waals surface area contributed by atoms with Crippen LogP contribution in [0, 0.1) is 11.8 Å². The molecule has 0 saturated heterocycles.